The third-order valence-corrected chi connectivity index (χ3v) is 5.57. The van der Waals surface area contributed by atoms with Gasteiger partial charge in [-0.2, -0.15) is 0 Å². The van der Waals surface area contributed by atoms with Crippen molar-refractivity contribution < 1.29 is 19.1 Å². The number of imide groups is 1. The lowest BCUT2D eigenvalue weighted by molar-refractivity contribution is -0.120. The molecule has 0 aliphatic carbocycles. The zero-order valence-electron chi connectivity index (χ0n) is 17.8. The van der Waals surface area contributed by atoms with Crippen molar-refractivity contribution in [2.75, 3.05) is 23.4 Å². The van der Waals surface area contributed by atoms with Gasteiger partial charge < -0.3 is 14.8 Å². The number of benzene rings is 3. The highest BCUT2D eigenvalue weighted by Crippen LogP contribution is 2.38. The van der Waals surface area contributed by atoms with E-state index in [2.05, 4.69) is 5.32 Å². The van der Waals surface area contributed by atoms with Crippen molar-refractivity contribution >= 4 is 28.8 Å². The van der Waals surface area contributed by atoms with Crippen LogP contribution < -0.4 is 19.7 Å². The molecule has 32 heavy (non-hydrogen) atoms. The molecule has 2 amide bonds. The maximum atomic E-state index is 13.6. The molecule has 1 N–H and O–H groups in total. The summed E-state index contributed by atoms with van der Waals surface area (Å²) in [7, 11) is 0. The molecule has 160 valence electrons. The van der Waals surface area contributed by atoms with Crippen molar-refractivity contribution in [3.05, 3.63) is 89.1 Å². The molecule has 6 nitrogen and oxygen atoms in total. The number of ether oxygens (including phenoxy) is 2. The summed E-state index contributed by atoms with van der Waals surface area (Å²) in [6, 6.07) is 20.3. The van der Waals surface area contributed by atoms with Gasteiger partial charge in [-0.05, 0) is 43.2 Å². The first-order valence-corrected chi connectivity index (χ1v) is 10.5. The van der Waals surface area contributed by atoms with E-state index in [-0.39, 0.29) is 11.6 Å². The summed E-state index contributed by atoms with van der Waals surface area (Å²) in [5, 5.41) is 3.24. The number of amides is 2. The summed E-state index contributed by atoms with van der Waals surface area (Å²) in [5.41, 5.74) is 4.60. The van der Waals surface area contributed by atoms with Crippen LogP contribution in [0.4, 0.5) is 11.4 Å². The summed E-state index contributed by atoms with van der Waals surface area (Å²) in [5.74, 6) is 0.325. The molecule has 0 unspecified atom stereocenters. The number of aryl methyl sites for hydroxylation is 2. The molecular weight excluding hydrogens is 404 g/mol. The monoisotopic (exact) mass is 426 g/mol. The van der Waals surface area contributed by atoms with E-state index in [1.807, 2.05) is 62.4 Å². The third kappa shape index (κ3) is 3.39. The average molecular weight is 426 g/mol. The van der Waals surface area contributed by atoms with Gasteiger partial charge in [-0.25, -0.2) is 4.90 Å². The Kier molecular flexibility index (Phi) is 4.90. The fourth-order valence-corrected chi connectivity index (χ4v) is 4.01. The fraction of sp³-hybridized carbons (Fsp3) is 0.154. The molecule has 0 spiro atoms. The maximum absolute atomic E-state index is 13.6. The lowest BCUT2D eigenvalue weighted by Crippen LogP contribution is -2.32. The number of nitrogens with zero attached hydrogens (tertiary/aromatic N) is 1. The van der Waals surface area contributed by atoms with E-state index in [1.54, 1.807) is 18.2 Å². The number of anilines is 2. The number of nitrogens with one attached hydrogen (secondary N) is 1. The van der Waals surface area contributed by atoms with Crippen LogP contribution in [0.5, 0.6) is 11.5 Å². The van der Waals surface area contributed by atoms with Crippen molar-refractivity contribution in [3.63, 3.8) is 0 Å². The standard InChI is InChI=1S/C26H22N2O4/c1-16-8-10-20(17(2)14-16)27-24-23(18-6-4-3-5-7-18)25(29)28(26(24)30)19-9-11-21-22(15-19)32-13-12-31-21/h3-11,14-15,27H,12-13H2,1-2H3. The molecule has 0 radical (unpaired) electrons. The first-order chi connectivity index (χ1) is 15.5. The molecule has 6 heteroatoms. The van der Waals surface area contributed by atoms with Gasteiger partial charge in [0, 0.05) is 11.8 Å². The van der Waals surface area contributed by atoms with E-state index < -0.39 is 5.91 Å². The quantitative estimate of drug-likeness (QED) is 0.624. The Morgan fingerprint density at radius 3 is 2.31 bits per heavy atom. The van der Waals surface area contributed by atoms with Gasteiger partial charge in [0.1, 0.15) is 18.9 Å². The Bertz CT molecular complexity index is 1260. The van der Waals surface area contributed by atoms with Crippen LogP contribution in [0, 0.1) is 13.8 Å². The molecule has 5 rings (SSSR count). The molecule has 0 fully saturated rings. The number of rotatable bonds is 4. The summed E-state index contributed by atoms with van der Waals surface area (Å²) >= 11 is 0. The number of carbonyl (C=O) groups is 2. The molecule has 0 atom stereocenters. The smallest absolute Gasteiger partial charge is 0.282 e. The van der Waals surface area contributed by atoms with Gasteiger partial charge in [0.15, 0.2) is 11.5 Å². The van der Waals surface area contributed by atoms with E-state index in [9.17, 15) is 9.59 Å². The Labute approximate surface area is 186 Å². The van der Waals surface area contributed by atoms with Crippen molar-refractivity contribution in [2.24, 2.45) is 0 Å². The Morgan fingerprint density at radius 2 is 1.56 bits per heavy atom. The molecular formula is C26H22N2O4. The minimum Gasteiger partial charge on any atom is -0.486 e. The van der Waals surface area contributed by atoms with Crippen molar-refractivity contribution in [1.29, 1.82) is 0 Å². The van der Waals surface area contributed by atoms with E-state index in [1.165, 1.54) is 4.90 Å². The molecule has 3 aromatic carbocycles. The summed E-state index contributed by atoms with van der Waals surface area (Å²) in [4.78, 5) is 28.3. The SMILES string of the molecule is Cc1ccc(NC2=C(c3ccccc3)C(=O)N(c3ccc4c(c3)OCCO4)C2=O)c(C)c1. The second-order valence-corrected chi connectivity index (χ2v) is 7.83. The van der Waals surface area contributed by atoms with Crippen LogP contribution in [-0.2, 0) is 9.59 Å². The average Bonchev–Trinajstić information content (AvgIpc) is 3.05. The molecule has 2 aliphatic heterocycles. The first-order valence-electron chi connectivity index (χ1n) is 10.5. The predicted molar refractivity (Wildman–Crippen MR) is 123 cm³/mol. The van der Waals surface area contributed by atoms with Crippen LogP contribution in [0.2, 0.25) is 0 Å². The number of hydrogen-bond donors (Lipinski definition) is 1. The van der Waals surface area contributed by atoms with Crippen molar-refractivity contribution in [2.45, 2.75) is 13.8 Å². The first kappa shape index (κ1) is 19.9. The van der Waals surface area contributed by atoms with Gasteiger partial charge in [0.2, 0.25) is 0 Å². The largest absolute Gasteiger partial charge is 0.486 e. The summed E-state index contributed by atoms with van der Waals surface area (Å²) in [6.07, 6.45) is 0. The lowest BCUT2D eigenvalue weighted by atomic mass is 10.0. The molecule has 2 aliphatic rings. The minimum atomic E-state index is -0.412. The molecule has 3 aromatic rings. The van der Waals surface area contributed by atoms with Gasteiger partial charge in [0.05, 0.1) is 11.3 Å². The maximum Gasteiger partial charge on any atom is 0.282 e. The minimum absolute atomic E-state index is 0.253. The molecule has 0 saturated heterocycles. The van der Waals surface area contributed by atoms with Crippen LogP contribution >= 0.6 is 0 Å². The van der Waals surface area contributed by atoms with E-state index in [4.69, 9.17) is 9.47 Å². The zero-order chi connectivity index (χ0) is 22.2. The van der Waals surface area contributed by atoms with Gasteiger partial charge >= 0.3 is 0 Å². The van der Waals surface area contributed by atoms with Crippen LogP contribution in [0.25, 0.3) is 5.57 Å². The van der Waals surface area contributed by atoms with Crippen LogP contribution in [-0.4, -0.2) is 25.0 Å². The Morgan fingerprint density at radius 1 is 0.812 bits per heavy atom. The van der Waals surface area contributed by atoms with E-state index in [0.717, 1.165) is 16.8 Å². The normalized spacial score (nSPS) is 15.4. The van der Waals surface area contributed by atoms with Crippen molar-refractivity contribution in [3.8, 4) is 11.5 Å². The molecule has 2 heterocycles. The van der Waals surface area contributed by atoms with Crippen LogP contribution in [0.15, 0.2) is 72.4 Å². The van der Waals surface area contributed by atoms with Gasteiger partial charge in [0.25, 0.3) is 11.8 Å². The molecule has 0 saturated carbocycles. The number of fused-ring (bicyclic) bond motifs is 1. The summed E-state index contributed by atoms with van der Waals surface area (Å²) < 4.78 is 11.2. The predicted octanol–water partition coefficient (Wildman–Crippen LogP) is 4.47. The highest BCUT2D eigenvalue weighted by Gasteiger charge is 2.40. The molecule has 0 bridgehead atoms. The van der Waals surface area contributed by atoms with Crippen LogP contribution in [0.1, 0.15) is 16.7 Å². The van der Waals surface area contributed by atoms with Crippen molar-refractivity contribution in [1.82, 2.24) is 0 Å². The van der Waals surface area contributed by atoms with E-state index in [0.29, 0.717) is 41.5 Å². The fourth-order valence-electron chi connectivity index (χ4n) is 4.01. The highest BCUT2D eigenvalue weighted by molar-refractivity contribution is 6.46. The topological polar surface area (TPSA) is 67.9 Å². The Balaban J connectivity index is 1.59. The second-order valence-electron chi connectivity index (χ2n) is 7.83. The van der Waals surface area contributed by atoms with Gasteiger partial charge in [-0.15, -0.1) is 0 Å². The van der Waals surface area contributed by atoms with Gasteiger partial charge in [-0.1, -0.05) is 48.0 Å². The molecule has 0 aromatic heterocycles. The number of hydrogen-bond acceptors (Lipinski definition) is 5. The van der Waals surface area contributed by atoms with E-state index >= 15 is 0 Å². The number of carbonyl (C=O) groups excluding carboxylic acids is 2. The van der Waals surface area contributed by atoms with Crippen LogP contribution in [0.3, 0.4) is 0 Å². The lowest BCUT2D eigenvalue weighted by Gasteiger charge is -2.21. The highest BCUT2D eigenvalue weighted by atomic mass is 16.6. The zero-order valence-corrected chi connectivity index (χ0v) is 17.8. The Hall–Kier alpha value is -4.06. The second kappa shape index (κ2) is 7.89. The van der Waals surface area contributed by atoms with Gasteiger partial charge in [-0.3, -0.25) is 9.59 Å². The third-order valence-electron chi connectivity index (χ3n) is 5.57. The summed E-state index contributed by atoms with van der Waals surface area (Å²) in [6.45, 7) is 4.88.